The van der Waals surface area contributed by atoms with E-state index in [0.29, 0.717) is 18.4 Å². The zero-order chi connectivity index (χ0) is 18.9. The Bertz CT molecular complexity index is 720. The van der Waals surface area contributed by atoms with Gasteiger partial charge < -0.3 is 9.47 Å². The first-order valence-electron chi connectivity index (χ1n) is 9.94. The largest absolute Gasteiger partial charge is 0.462 e. The average molecular weight is 358 g/mol. The molecular weight excluding hydrogens is 328 g/mol. The van der Waals surface area contributed by atoms with E-state index in [-0.39, 0.29) is 34.8 Å². The normalized spacial score (nSPS) is 44.8. The first kappa shape index (κ1) is 17.8. The van der Waals surface area contributed by atoms with Gasteiger partial charge in [-0.3, -0.25) is 4.79 Å². The topological polar surface area (TPSA) is 52.6 Å². The lowest BCUT2D eigenvalue weighted by Crippen LogP contribution is -2.59. The van der Waals surface area contributed by atoms with Crippen molar-refractivity contribution in [1.82, 2.24) is 0 Å². The number of hydrogen-bond donors (Lipinski definition) is 0. The molecule has 2 saturated carbocycles. The van der Waals surface area contributed by atoms with Gasteiger partial charge in [0.15, 0.2) is 0 Å². The molecule has 0 radical (unpaired) electrons. The molecule has 2 fully saturated rings. The Hall–Kier alpha value is -1.58. The van der Waals surface area contributed by atoms with Gasteiger partial charge in [-0.1, -0.05) is 32.9 Å². The standard InChI is InChI=1S/C22H30O4/c1-12-6-7-18-21(4)9-8-15-16(11-25-20(15)24)19(21)17(26-14(3)23)10-22(18,5)13(12)2/h12,17-19H,2,6-11H2,1,3-5H3/t12?,17-,18+,19+,21+,22-/m0/s1. The van der Waals surface area contributed by atoms with Gasteiger partial charge in [0.2, 0.25) is 0 Å². The molecule has 3 aliphatic carbocycles. The van der Waals surface area contributed by atoms with Gasteiger partial charge in [0, 0.05) is 18.4 Å². The summed E-state index contributed by atoms with van der Waals surface area (Å²) in [5.41, 5.74) is 3.23. The van der Waals surface area contributed by atoms with E-state index in [0.717, 1.165) is 30.4 Å². The van der Waals surface area contributed by atoms with Gasteiger partial charge in [-0.25, -0.2) is 4.79 Å². The van der Waals surface area contributed by atoms with Crippen molar-refractivity contribution in [2.45, 2.75) is 65.9 Å². The summed E-state index contributed by atoms with van der Waals surface area (Å²) in [5, 5.41) is 0. The third kappa shape index (κ3) is 2.26. The highest BCUT2D eigenvalue weighted by atomic mass is 16.5. The van der Waals surface area contributed by atoms with Crippen LogP contribution in [0.1, 0.15) is 59.8 Å². The number of allylic oxidation sites excluding steroid dienone is 1. The van der Waals surface area contributed by atoms with Crippen molar-refractivity contribution in [2.75, 3.05) is 6.61 Å². The minimum atomic E-state index is -0.244. The Balaban J connectivity index is 1.83. The van der Waals surface area contributed by atoms with Crippen LogP contribution in [0.4, 0.5) is 0 Å². The van der Waals surface area contributed by atoms with E-state index in [1.807, 2.05) is 0 Å². The van der Waals surface area contributed by atoms with E-state index in [1.165, 1.54) is 25.3 Å². The predicted octanol–water partition coefficient (Wildman–Crippen LogP) is 4.20. The smallest absolute Gasteiger partial charge is 0.334 e. The molecule has 4 aliphatic rings. The molecule has 0 bridgehead atoms. The number of esters is 2. The van der Waals surface area contributed by atoms with Crippen LogP contribution in [0, 0.1) is 28.6 Å². The highest BCUT2D eigenvalue weighted by Gasteiger charge is 2.63. The third-order valence-electron chi connectivity index (χ3n) is 8.09. The lowest BCUT2D eigenvalue weighted by molar-refractivity contribution is -0.171. The molecule has 26 heavy (non-hydrogen) atoms. The van der Waals surface area contributed by atoms with E-state index >= 15 is 0 Å². The second kappa shape index (κ2) is 5.71. The number of fused-ring (bicyclic) bond motifs is 4. The maximum absolute atomic E-state index is 12.2. The van der Waals surface area contributed by atoms with Crippen molar-refractivity contribution < 1.29 is 19.1 Å². The van der Waals surface area contributed by atoms with Gasteiger partial charge in [0.1, 0.15) is 12.7 Å². The predicted molar refractivity (Wildman–Crippen MR) is 98.1 cm³/mol. The molecular formula is C22H30O4. The molecule has 0 N–H and O–H groups in total. The molecule has 0 spiro atoms. The zero-order valence-corrected chi connectivity index (χ0v) is 16.4. The Morgan fingerprint density at radius 3 is 2.73 bits per heavy atom. The molecule has 0 saturated heterocycles. The van der Waals surface area contributed by atoms with E-state index in [1.54, 1.807) is 0 Å². The molecule has 1 unspecified atom stereocenters. The van der Waals surface area contributed by atoms with E-state index in [2.05, 4.69) is 27.4 Å². The molecule has 0 aromatic heterocycles. The van der Waals surface area contributed by atoms with Crippen LogP contribution in [0.25, 0.3) is 0 Å². The Morgan fingerprint density at radius 2 is 2.04 bits per heavy atom. The van der Waals surface area contributed by atoms with Gasteiger partial charge in [-0.05, 0) is 60.3 Å². The van der Waals surface area contributed by atoms with Crippen LogP contribution in [0.15, 0.2) is 23.3 Å². The monoisotopic (exact) mass is 358 g/mol. The first-order valence-corrected chi connectivity index (χ1v) is 9.94. The fourth-order valence-corrected chi connectivity index (χ4v) is 6.86. The number of hydrogen-bond acceptors (Lipinski definition) is 4. The average Bonchev–Trinajstić information content (AvgIpc) is 2.92. The molecule has 4 nitrogen and oxygen atoms in total. The lowest BCUT2D eigenvalue weighted by atomic mass is 9.42. The zero-order valence-electron chi connectivity index (χ0n) is 16.4. The van der Waals surface area contributed by atoms with E-state index < -0.39 is 0 Å². The van der Waals surface area contributed by atoms with Crippen molar-refractivity contribution in [1.29, 1.82) is 0 Å². The lowest BCUT2D eigenvalue weighted by Gasteiger charge is -2.63. The van der Waals surface area contributed by atoms with Crippen LogP contribution >= 0.6 is 0 Å². The summed E-state index contributed by atoms with van der Waals surface area (Å²) in [7, 11) is 0. The van der Waals surface area contributed by atoms with Crippen molar-refractivity contribution in [3.8, 4) is 0 Å². The molecule has 0 aromatic carbocycles. The number of carbonyl (C=O) groups excluding carboxylic acids is 2. The summed E-state index contributed by atoms with van der Waals surface area (Å²) >= 11 is 0. The molecule has 0 amide bonds. The van der Waals surface area contributed by atoms with Crippen LogP contribution < -0.4 is 0 Å². The van der Waals surface area contributed by atoms with Gasteiger partial charge in [-0.2, -0.15) is 0 Å². The van der Waals surface area contributed by atoms with Crippen LogP contribution in [-0.4, -0.2) is 24.6 Å². The highest BCUT2D eigenvalue weighted by molar-refractivity contribution is 5.92. The van der Waals surface area contributed by atoms with Crippen LogP contribution in [-0.2, 0) is 19.1 Å². The van der Waals surface area contributed by atoms with Crippen molar-refractivity contribution in [3.63, 3.8) is 0 Å². The summed E-state index contributed by atoms with van der Waals surface area (Å²) in [6.07, 6.45) is 4.66. The maximum atomic E-state index is 12.2. The number of rotatable bonds is 1. The van der Waals surface area contributed by atoms with Crippen molar-refractivity contribution in [2.24, 2.45) is 28.6 Å². The summed E-state index contributed by atoms with van der Waals surface area (Å²) in [4.78, 5) is 24.1. The fraction of sp³-hybridized carbons (Fsp3) is 0.727. The highest BCUT2D eigenvalue weighted by Crippen LogP contribution is 2.67. The van der Waals surface area contributed by atoms with Gasteiger partial charge >= 0.3 is 11.9 Å². The van der Waals surface area contributed by atoms with Crippen LogP contribution in [0.2, 0.25) is 0 Å². The first-order chi connectivity index (χ1) is 12.2. The van der Waals surface area contributed by atoms with Gasteiger partial charge in [-0.15, -0.1) is 0 Å². The Morgan fingerprint density at radius 1 is 1.31 bits per heavy atom. The van der Waals surface area contributed by atoms with Crippen molar-refractivity contribution >= 4 is 11.9 Å². The molecule has 1 aliphatic heterocycles. The number of carbonyl (C=O) groups is 2. The molecule has 6 atom stereocenters. The van der Waals surface area contributed by atoms with Crippen LogP contribution in [0.3, 0.4) is 0 Å². The Labute approximate surface area is 156 Å². The fourth-order valence-electron chi connectivity index (χ4n) is 6.86. The minimum absolute atomic E-state index is 0.00299. The SMILES string of the molecule is C=C1C(C)CC[C@@H]2[C@@]3(C)CCC4=C(COC4=O)[C@@H]3[C@@H](OC(C)=O)C[C@@]12C. The summed E-state index contributed by atoms with van der Waals surface area (Å²) in [5.74, 6) is 0.677. The van der Waals surface area contributed by atoms with Gasteiger partial charge in [0.25, 0.3) is 0 Å². The quantitative estimate of drug-likeness (QED) is 0.521. The summed E-state index contributed by atoms with van der Waals surface area (Å²) in [6, 6.07) is 0. The molecule has 142 valence electrons. The van der Waals surface area contributed by atoms with Crippen molar-refractivity contribution in [3.05, 3.63) is 23.3 Å². The van der Waals surface area contributed by atoms with Crippen LogP contribution in [0.5, 0.6) is 0 Å². The van der Waals surface area contributed by atoms with Gasteiger partial charge in [0.05, 0.1) is 0 Å². The number of ether oxygens (including phenoxy) is 2. The van der Waals surface area contributed by atoms with E-state index in [4.69, 9.17) is 9.47 Å². The van der Waals surface area contributed by atoms with E-state index in [9.17, 15) is 9.59 Å². The number of cyclic esters (lactones) is 1. The summed E-state index contributed by atoms with van der Waals surface area (Å²) < 4.78 is 11.3. The Kier molecular flexibility index (Phi) is 3.91. The minimum Gasteiger partial charge on any atom is -0.462 e. The maximum Gasteiger partial charge on any atom is 0.334 e. The molecule has 4 heteroatoms. The third-order valence-corrected chi connectivity index (χ3v) is 8.09. The second-order valence-electron chi connectivity index (χ2n) is 9.39. The molecule has 1 heterocycles. The second-order valence-corrected chi connectivity index (χ2v) is 9.39. The molecule has 4 rings (SSSR count). The summed E-state index contributed by atoms with van der Waals surface area (Å²) in [6.45, 7) is 13.3. The molecule has 0 aromatic rings.